The second-order valence-electron chi connectivity index (χ2n) is 4.24. The van der Waals surface area contributed by atoms with Crippen molar-refractivity contribution in [3.8, 4) is 6.07 Å². The molecule has 21 heavy (non-hydrogen) atoms. The Morgan fingerprint density at radius 1 is 1.33 bits per heavy atom. The number of nitrogens with one attached hydrogen (secondary N) is 1. The van der Waals surface area contributed by atoms with Crippen molar-refractivity contribution >= 4 is 49.8 Å². The van der Waals surface area contributed by atoms with Crippen molar-refractivity contribution in [2.24, 2.45) is 0 Å². The molecule has 3 rings (SSSR count). The molecule has 0 atom stereocenters. The van der Waals surface area contributed by atoms with Crippen molar-refractivity contribution in [1.82, 2.24) is 9.97 Å². The summed E-state index contributed by atoms with van der Waals surface area (Å²) in [6.07, 6.45) is 1.71. The predicted octanol–water partition coefficient (Wildman–Crippen LogP) is 3.81. The van der Waals surface area contributed by atoms with Gasteiger partial charge in [0.05, 0.1) is 20.3 Å². The number of nitrogens with zero attached hydrogens (tertiary/aromatic N) is 2. The monoisotopic (exact) mass is 357 g/mol. The van der Waals surface area contributed by atoms with Gasteiger partial charge in [-0.2, -0.15) is 5.26 Å². The molecule has 0 aliphatic heterocycles. The maximum atomic E-state index is 12.0. The SMILES string of the molecule is N#C/C(=C/c1ccc(Br)s1)c1nc2ccccc2c(=O)[nH]1. The number of hydrogen-bond acceptors (Lipinski definition) is 4. The zero-order valence-corrected chi connectivity index (χ0v) is 13.0. The second kappa shape index (κ2) is 5.64. The highest BCUT2D eigenvalue weighted by Gasteiger charge is 2.08. The Hall–Kier alpha value is -2.23. The molecule has 0 fully saturated rings. The summed E-state index contributed by atoms with van der Waals surface area (Å²) in [6, 6.07) is 12.9. The van der Waals surface area contributed by atoms with Crippen LogP contribution in [0.1, 0.15) is 10.7 Å². The lowest BCUT2D eigenvalue weighted by Crippen LogP contribution is -2.11. The van der Waals surface area contributed by atoms with E-state index in [2.05, 4.69) is 32.0 Å². The summed E-state index contributed by atoms with van der Waals surface area (Å²) in [5.41, 5.74) is 0.654. The van der Waals surface area contributed by atoms with E-state index in [-0.39, 0.29) is 11.4 Å². The summed E-state index contributed by atoms with van der Waals surface area (Å²) in [4.78, 5) is 20.0. The van der Waals surface area contributed by atoms with E-state index in [1.165, 1.54) is 11.3 Å². The first-order valence-corrected chi connectivity index (χ1v) is 7.65. The lowest BCUT2D eigenvalue weighted by molar-refractivity contribution is 1.13. The first-order valence-electron chi connectivity index (χ1n) is 6.04. The summed E-state index contributed by atoms with van der Waals surface area (Å²) < 4.78 is 0.978. The van der Waals surface area contributed by atoms with Gasteiger partial charge in [0.1, 0.15) is 6.07 Å². The minimum absolute atomic E-state index is 0.246. The van der Waals surface area contributed by atoms with Gasteiger partial charge in [-0.3, -0.25) is 4.79 Å². The molecule has 0 aliphatic carbocycles. The van der Waals surface area contributed by atoms with Crippen LogP contribution in [0, 0.1) is 11.3 Å². The molecule has 0 saturated carbocycles. The van der Waals surface area contributed by atoms with Crippen LogP contribution in [0.3, 0.4) is 0 Å². The lowest BCUT2D eigenvalue weighted by Gasteiger charge is -2.01. The van der Waals surface area contributed by atoms with Crippen LogP contribution in [0.5, 0.6) is 0 Å². The Morgan fingerprint density at radius 3 is 2.86 bits per heavy atom. The van der Waals surface area contributed by atoms with Gasteiger partial charge in [0.2, 0.25) is 0 Å². The molecule has 1 N–H and O–H groups in total. The number of para-hydroxylation sites is 1. The van der Waals surface area contributed by atoms with Gasteiger partial charge in [0, 0.05) is 4.88 Å². The van der Waals surface area contributed by atoms with Gasteiger partial charge in [-0.05, 0) is 46.3 Å². The van der Waals surface area contributed by atoms with Crippen molar-refractivity contribution in [3.05, 3.63) is 61.2 Å². The molecule has 0 unspecified atom stereocenters. The fraction of sp³-hybridized carbons (Fsp3) is 0. The quantitative estimate of drug-likeness (QED) is 0.708. The molecule has 3 aromatic rings. The lowest BCUT2D eigenvalue weighted by atomic mass is 10.2. The van der Waals surface area contributed by atoms with E-state index in [9.17, 15) is 10.1 Å². The minimum Gasteiger partial charge on any atom is -0.305 e. The normalized spacial score (nSPS) is 11.5. The van der Waals surface area contributed by atoms with E-state index in [4.69, 9.17) is 0 Å². The van der Waals surface area contributed by atoms with Crippen LogP contribution in [0.25, 0.3) is 22.6 Å². The molecular formula is C15H8BrN3OS. The highest BCUT2D eigenvalue weighted by atomic mass is 79.9. The van der Waals surface area contributed by atoms with E-state index in [1.807, 2.05) is 18.2 Å². The van der Waals surface area contributed by atoms with Gasteiger partial charge in [-0.15, -0.1) is 11.3 Å². The molecule has 1 aromatic carbocycles. The Morgan fingerprint density at radius 2 is 2.14 bits per heavy atom. The summed E-state index contributed by atoms with van der Waals surface area (Å²) in [7, 11) is 0. The van der Waals surface area contributed by atoms with Gasteiger partial charge in [0.15, 0.2) is 5.82 Å². The van der Waals surface area contributed by atoms with Crippen molar-refractivity contribution in [1.29, 1.82) is 5.26 Å². The zero-order chi connectivity index (χ0) is 14.8. The van der Waals surface area contributed by atoms with E-state index in [0.717, 1.165) is 8.66 Å². The van der Waals surface area contributed by atoms with Gasteiger partial charge < -0.3 is 4.98 Å². The van der Waals surface area contributed by atoms with Crippen molar-refractivity contribution in [3.63, 3.8) is 0 Å². The fourth-order valence-electron chi connectivity index (χ4n) is 1.92. The highest BCUT2D eigenvalue weighted by molar-refractivity contribution is 9.11. The van der Waals surface area contributed by atoms with Gasteiger partial charge >= 0.3 is 0 Å². The molecule has 0 saturated heterocycles. The van der Waals surface area contributed by atoms with Crippen LogP contribution >= 0.6 is 27.3 Å². The minimum atomic E-state index is -0.246. The molecule has 6 heteroatoms. The number of aromatic amines is 1. The fourth-order valence-corrected chi connectivity index (χ4v) is 3.28. The average Bonchev–Trinajstić information content (AvgIpc) is 2.90. The van der Waals surface area contributed by atoms with E-state index in [0.29, 0.717) is 16.5 Å². The molecule has 2 aromatic heterocycles. The van der Waals surface area contributed by atoms with Crippen molar-refractivity contribution in [2.75, 3.05) is 0 Å². The number of benzene rings is 1. The smallest absolute Gasteiger partial charge is 0.259 e. The first kappa shape index (κ1) is 13.7. The topological polar surface area (TPSA) is 69.5 Å². The number of halogens is 1. The Balaban J connectivity index is 2.16. The van der Waals surface area contributed by atoms with E-state index in [1.54, 1.807) is 24.3 Å². The van der Waals surface area contributed by atoms with Gasteiger partial charge in [0.25, 0.3) is 5.56 Å². The average molecular weight is 358 g/mol. The third kappa shape index (κ3) is 2.79. The van der Waals surface area contributed by atoms with Gasteiger partial charge in [-0.25, -0.2) is 4.98 Å². The number of thiophene rings is 1. The number of aromatic nitrogens is 2. The maximum absolute atomic E-state index is 12.0. The van der Waals surface area contributed by atoms with Crippen molar-refractivity contribution < 1.29 is 0 Å². The van der Waals surface area contributed by atoms with Crippen molar-refractivity contribution in [2.45, 2.75) is 0 Å². The molecule has 0 amide bonds. The predicted molar refractivity (Wildman–Crippen MR) is 87.9 cm³/mol. The molecule has 0 radical (unpaired) electrons. The standard InChI is InChI=1S/C15H8BrN3OS/c16-13-6-5-10(21-13)7-9(8-17)14-18-12-4-2-1-3-11(12)15(20)19-14/h1-7H,(H,18,19,20)/b9-7-. The van der Waals surface area contributed by atoms with Crippen LogP contribution in [-0.4, -0.2) is 9.97 Å². The second-order valence-corrected chi connectivity index (χ2v) is 6.74. The molecule has 4 nitrogen and oxygen atoms in total. The molecule has 102 valence electrons. The molecule has 0 aliphatic rings. The third-order valence-electron chi connectivity index (χ3n) is 2.87. The summed E-state index contributed by atoms with van der Waals surface area (Å²) in [5, 5.41) is 9.83. The van der Waals surface area contributed by atoms with Crippen LogP contribution in [0.2, 0.25) is 0 Å². The molecule has 0 bridgehead atoms. The summed E-state index contributed by atoms with van der Waals surface area (Å²) >= 11 is 4.88. The largest absolute Gasteiger partial charge is 0.305 e. The number of rotatable bonds is 2. The summed E-state index contributed by atoms with van der Waals surface area (Å²) in [5.74, 6) is 0.283. The van der Waals surface area contributed by atoms with Gasteiger partial charge in [-0.1, -0.05) is 12.1 Å². The van der Waals surface area contributed by atoms with E-state index >= 15 is 0 Å². The summed E-state index contributed by atoms with van der Waals surface area (Å²) in [6.45, 7) is 0. The molecule has 2 heterocycles. The molecular weight excluding hydrogens is 350 g/mol. The van der Waals surface area contributed by atoms with Crippen LogP contribution in [-0.2, 0) is 0 Å². The Labute approximate surface area is 132 Å². The first-order chi connectivity index (χ1) is 10.2. The highest BCUT2D eigenvalue weighted by Crippen LogP contribution is 2.25. The number of allylic oxidation sites excluding steroid dienone is 1. The van der Waals surface area contributed by atoms with Crippen LogP contribution < -0.4 is 5.56 Å². The molecule has 0 spiro atoms. The number of H-pyrrole nitrogens is 1. The number of hydrogen-bond donors (Lipinski definition) is 1. The maximum Gasteiger partial charge on any atom is 0.259 e. The van der Waals surface area contributed by atoms with Crippen LogP contribution in [0.4, 0.5) is 0 Å². The zero-order valence-electron chi connectivity index (χ0n) is 10.6. The Bertz CT molecular complexity index is 949. The number of nitriles is 1. The van der Waals surface area contributed by atoms with Crippen LogP contribution in [0.15, 0.2) is 45.0 Å². The third-order valence-corrected chi connectivity index (χ3v) is 4.44. The Kier molecular flexibility index (Phi) is 3.69. The number of fused-ring (bicyclic) bond motifs is 1. The van der Waals surface area contributed by atoms with E-state index < -0.39 is 0 Å².